The molecular formula is C7H13NO2. The highest BCUT2D eigenvalue weighted by atomic mass is 16.3. The molecule has 0 radical (unpaired) electrons. The molecule has 1 amide bonds. The highest BCUT2D eigenvalue weighted by Gasteiger charge is 2.33. The normalized spacial score (nSPS) is 31.1. The Morgan fingerprint density at radius 2 is 2.00 bits per heavy atom. The lowest BCUT2D eigenvalue weighted by Gasteiger charge is -2.31. The zero-order valence-corrected chi connectivity index (χ0v) is 6.37. The van der Waals surface area contributed by atoms with E-state index in [0.717, 1.165) is 0 Å². The van der Waals surface area contributed by atoms with Gasteiger partial charge >= 0.3 is 0 Å². The van der Waals surface area contributed by atoms with Gasteiger partial charge in [-0.15, -0.1) is 0 Å². The van der Waals surface area contributed by atoms with E-state index < -0.39 is 0 Å². The predicted molar refractivity (Wildman–Crippen MR) is 37.4 cm³/mol. The lowest BCUT2D eigenvalue weighted by Crippen LogP contribution is -2.40. The van der Waals surface area contributed by atoms with Crippen molar-refractivity contribution in [3.8, 4) is 0 Å². The van der Waals surface area contributed by atoms with Gasteiger partial charge in [-0.2, -0.15) is 0 Å². The number of hydrogen-bond acceptors (Lipinski definition) is 2. The maximum absolute atomic E-state index is 11.1. The molecule has 0 atom stereocenters. The Morgan fingerprint density at radius 3 is 2.30 bits per heavy atom. The molecule has 1 aliphatic rings. The molecule has 0 unspecified atom stereocenters. The number of carbonyl (C=O) groups is 1. The standard InChI is InChI=1S/C7H13NO2/c1-8(2)7(10)5-3-6(9)4-5/h5-6,9H,3-4H2,1-2H3. The molecule has 10 heavy (non-hydrogen) atoms. The maximum atomic E-state index is 11.1. The van der Waals surface area contributed by atoms with E-state index in [1.807, 2.05) is 0 Å². The summed E-state index contributed by atoms with van der Waals surface area (Å²) in [5, 5.41) is 8.88. The minimum atomic E-state index is -0.228. The van der Waals surface area contributed by atoms with E-state index in [-0.39, 0.29) is 17.9 Å². The van der Waals surface area contributed by atoms with Gasteiger partial charge in [0.05, 0.1) is 6.10 Å². The summed E-state index contributed by atoms with van der Waals surface area (Å²) >= 11 is 0. The molecule has 0 spiro atoms. The quantitative estimate of drug-likeness (QED) is 0.554. The second kappa shape index (κ2) is 2.58. The summed E-state index contributed by atoms with van der Waals surface area (Å²) in [4.78, 5) is 12.7. The summed E-state index contributed by atoms with van der Waals surface area (Å²) in [5.74, 6) is 0.232. The van der Waals surface area contributed by atoms with Gasteiger partial charge in [0.25, 0.3) is 0 Å². The first-order chi connectivity index (χ1) is 4.61. The Hall–Kier alpha value is -0.570. The molecule has 1 N–H and O–H groups in total. The van der Waals surface area contributed by atoms with Crippen molar-refractivity contribution in [3.05, 3.63) is 0 Å². The number of aliphatic hydroxyl groups is 1. The average Bonchev–Trinajstić information content (AvgIpc) is 1.79. The van der Waals surface area contributed by atoms with Crippen molar-refractivity contribution >= 4 is 5.91 Å². The zero-order chi connectivity index (χ0) is 7.72. The van der Waals surface area contributed by atoms with Crippen LogP contribution in [0.25, 0.3) is 0 Å². The van der Waals surface area contributed by atoms with E-state index in [1.54, 1.807) is 19.0 Å². The maximum Gasteiger partial charge on any atom is 0.225 e. The van der Waals surface area contributed by atoms with Gasteiger partial charge in [0.15, 0.2) is 0 Å². The molecule has 0 heterocycles. The molecule has 0 aromatic rings. The fourth-order valence-electron chi connectivity index (χ4n) is 1.15. The monoisotopic (exact) mass is 143 g/mol. The van der Waals surface area contributed by atoms with Crippen molar-refractivity contribution in [3.63, 3.8) is 0 Å². The van der Waals surface area contributed by atoms with Crippen molar-refractivity contribution in [2.24, 2.45) is 5.92 Å². The van der Waals surface area contributed by atoms with Crippen LogP contribution in [-0.4, -0.2) is 36.1 Å². The minimum absolute atomic E-state index is 0.0880. The zero-order valence-electron chi connectivity index (χ0n) is 6.37. The topological polar surface area (TPSA) is 40.5 Å². The molecule has 1 saturated carbocycles. The summed E-state index contributed by atoms with van der Waals surface area (Å²) in [6.07, 6.45) is 1.07. The van der Waals surface area contributed by atoms with E-state index in [9.17, 15) is 4.79 Å². The third-order valence-electron chi connectivity index (χ3n) is 1.90. The van der Waals surface area contributed by atoms with Crippen molar-refractivity contribution in [2.45, 2.75) is 18.9 Å². The Balaban J connectivity index is 2.31. The van der Waals surface area contributed by atoms with Crippen LogP contribution in [0.15, 0.2) is 0 Å². The first-order valence-corrected chi connectivity index (χ1v) is 3.50. The third kappa shape index (κ3) is 1.29. The fraction of sp³-hybridized carbons (Fsp3) is 0.857. The van der Waals surface area contributed by atoms with Crippen molar-refractivity contribution in [1.29, 1.82) is 0 Å². The van der Waals surface area contributed by atoms with Crippen molar-refractivity contribution in [2.75, 3.05) is 14.1 Å². The minimum Gasteiger partial charge on any atom is -0.393 e. The summed E-state index contributed by atoms with van der Waals surface area (Å²) < 4.78 is 0. The van der Waals surface area contributed by atoms with Gasteiger partial charge in [-0.1, -0.05) is 0 Å². The summed E-state index contributed by atoms with van der Waals surface area (Å²) in [6, 6.07) is 0. The lowest BCUT2D eigenvalue weighted by atomic mass is 9.81. The smallest absolute Gasteiger partial charge is 0.225 e. The molecule has 0 aliphatic heterocycles. The Bertz CT molecular complexity index is 139. The number of hydrogen-bond donors (Lipinski definition) is 1. The number of nitrogens with zero attached hydrogens (tertiary/aromatic N) is 1. The Morgan fingerprint density at radius 1 is 1.50 bits per heavy atom. The van der Waals surface area contributed by atoms with Crippen LogP contribution >= 0.6 is 0 Å². The van der Waals surface area contributed by atoms with Crippen molar-refractivity contribution < 1.29 is 9.90 Å². The second-order valence-electron chi connectivity index (χ2n) is 3.05. The van der Waals surface area contributed by atoms with Gasteiger partial charge in [0.1, 0.15) is 0 Å². The van der Waals surface area contributed by atoms with E-state index in [2.05, 4.69) is 0 Å². The molecule has 58 valence electrons. The van der Waals surface area contributed by atoms with Gasteiger partial charge < -0.3 is 10.0 Å². The first kappa shape index (κ1) is 7.54. The SMILES string of the molecule is CN(C)C(=O)C1CC(O)C1. The van der Waals surface area contributed by atoms with Crippen LogP contribution in [0.1, 0.15) is 12.8 Å². The van der Waals surface area contributed by atoms with Crippen LogP contribution < -0.4 is 0 Å². The number of carbonyl (C=O) groups excluding carboxylic acids is 1. The van der Waals surface area contributed by atoms with Gasteiger partial charge in [-0.05, 0) is 12.8 Å². The number of aliphatic hydroxyl groups excluding tert-OH is 1. The molecule has 0 bridgehead atoms. The molecular weight excluding hydrogens is 130 g/mol. The van der Waals surface area contributed by atoms with E-state index in [4.69, 9.17) is 5.11 Å². The van der Waals surface area contributed by atoms with Gasteiger partial charge in [0.2, 0.25) is 5.91 Å². The van der Waals surface area contributed by atoms with E-state index >= 15 is 0 Å². The predicted octanol–water partition coefficient (Wildman–Crippen LogP) is -0.155. The Kier molecular flexibility index (Phi) is 1.94. The van der Waals surface area contributed by atoms with Crippen LogP contribution in [-0.2, 0) is 4.79 Å². The molecule has 3 heteroatoms. The summed E-state index contributed by atoms with van der Waals surface area (Å²) in [6.45, 7) is 0. The molecule has 1 aliphatic carbocycles. The molecule has 0 aromatic heterocycles. The van der Waals surface area contributed by atoms with Crippen LogP contribution in [0.5, 0.6) is 0 Å². The average molecular weight is 143 g/mol. The summed E-state index contributed by atoms with van der Waals surface area (Å²) in [7, 11) is 3.49. The highest BCUT2D eigenvalue weighted by Crippen LogP contribution is 2.28. The van der Waals surface area contributed by atoms with Crippen LogP contribution in [0.3, 0.4) is 0 Å². The third-order valence-corrected chi connectivity index (χ3v) is 1.90. The molecule has 3 nitrogen and oxygen atoms in total. The van der Waals surface area contributed by atoms with E-state index in [1.165, 1.54) is 0 Å². The van der Waals surface area contributed by atoms with Gasteiger partial charge in [0, 0.05) is 20.0 Å². The van der Waals surface area contributed by atoms with Crippen LogP contribution in [0.4, 0.5) is 0 Å². The van der Waals surface area contributed by atoms with Gasteiger partial charge in [-0.3, -0.25) is 4.79 Å². The number of amides is 1. The second-order valence-corrected chi connectivity index (χ2v) is 3.05. The molecule has 1 fully saturated rings. The van der Waals surface area contributed by atoms with Gasteiger partial charge in [-0.25, -0.2) is 0 Å². The molecule has 1 rings (SSSR count). The molecule has 0 saturated heterocycles. The van der Waals surface area contributed by atoms with E-state index in [0.29, 0.717) is 12.8 Å². The molecule has 0 aromatic carbocycles. The lowest BCUT2D eigenvalue weighted by molar-refractivity contribution is -0.139. The van der Waals surface area contributed by atoms with Crippen LogP contribution in [0.2, 0.25) is 0 Å². The van der Waals surface area contributed by atoms with Crippen molar-refractivity contribution in [1.82, 2.24) is 4.90 Å². The number of rotatable bonds is 1. The Labute approximate surface area is 60.6 Å². The fourth-order valence-corrected chi connectivity index (χ4v) is 1.15. The largest absolute Gasteiger partial charge is 0.393 e. The highest BCUT2D eigenvalue weighted by molar-refractivity contribution is 5.79. The first-order valence-electron chi connectivity index (χ1n) is 3.50. The summed E-state index contributed by atoms with van der Waals surface area (Å²) in [5.41, 5.74) is 0. The van der Waals surface area contributed by atoms with Crippen LogP contribution in [0, 0.1) is 5.92 Å².